The van der Waals surface area contributed by atoms with Crippen LogP contribution in [-0.2, 0) is 4.79 Å². The maximum absolute atomic E-state index is 11.6. The van der Waals surface area contributed by atoms with E-state index in [-0.39, 0.29) is 6.54 Å². The monoisotopic (exact) mass is 299 g/mol. The Bertz CT molecular complexity index is 744. The van der Waals surface area contributed by atoms with E-state index in [9.17, 15) is 9.90 Å². The van der Waals surface area contributed by atoms with Crippen molar-refractivity contribution in [1.82, 2.24) is 4.98 Å². The second-order valence-electron chi connectivity index (χ2n) is 6.18. The maximum Gasteiger partial charge on any atom is 0.251 e. The number of para-hydroxylation sites is 1. The molecule has 116 valence electrons. The fraction of sp³-hybridized carbons (Fsp3) is 0.412. The molecule has 1 aromatic heterocycles. The normalized spacial score (nSPS) is 22.0. The number of benzene rings is 1. The average Bonchev–Trinajstić information content (AvgIpc) is 2.47. The summed E-state index contributed by atoms with van der Waals surface area (Å²) in [5, 5.41) is 11.5. The zero-order valence-electron chi connectivity index (χ0n) is 13.0. The number of fused-ring (bicyclic) bond motifs is 1. The van der Waals surface area contributed by atoms with E-state index in [1.165, 1.54) is 0 Å². The number of nitrogens with two attached hydrogens (primary N) is 1. The minimum Gasteiger partial charge on any atom is -0.378 e. The Morgan fingerprint density at radius 2 is 2.14 bits per heavy atom. The molecule has 1 aliphatic heterocycles. The summed E-state index contributed by atoms with van der Waals surface area (Å²) in [6.45, 7) is 5.06. The molecule has 1 aromatic carbocycles. The first-order chi connectivity index (χ1) is 10.4. The molecule has 0 aliphatic carbocycles. The summed E-state index contributed by atoms with van der Waals surface area (Å²) >= 11 is 0. The molecule has 2 aromatic rings. The van der Waals surface area contributed by atoms with Crippen molar-refractivity contribution < 1.29 is 9.90 Å². The van der Waals surface area contributed by atoms with Gasteiger partial charge in [-0.3, -0.25) is 9.78 Å². The Morgan fingerprint density at radius 3 is 2.86 bits per heavy atom. The number of pyridine rings is 1. The third-order valence-corrected chi connectivity index (χ3v) is 4.50. The van der Waals surface area contributed by atoms with E-state index in [1.54, 1.807) is 0 Å². The first-order valence-electron chi connectivity index (χ1n) is 7.54. The second kappa shape index (κ2) is 5.25. The van der Waals surface area contributed by atoms with Gasteiger partial charge in [0, 0.05) is 18.1 Å². The number of aliphatic hydroxyl groups is 1. The van der Waals surface area contributed by atoms with E-state index >= 15 is 0 Å². The number of carbonyl (C=O) groups excluding carboxylic acids is 1. The predicted molar refractivity (Wildman–Crippen MR) is 86.8 cm³/mol. The number of rotatable bonds is 2. The van der Waals surface area contributed by atoms with Gasteiger partial charge in [-0.2, -0.15) is 0 Å². The van der Waals surface area contributed by atoms with E-state index in [0.717, 1.165) is 40.7 Å². The lowest BCUT2D eigenvalue weighted by Crippen LogP contribution is -2.56. The highest BCUT2D eigenvalue weighted by molar-refractivity contribution is 5.95. The van der Waals surface area contributed by atoms with Gasteiger partial charge in [0.2, 0.25) is 0 Å². The van der Waals surface area contributed by atoms with Crippen LogP contribution in [0.2, 0.25) is 0 Å². The fourth-order valence-electron chi connectivity index (χ4n) is 3.30. The smallest absolute Gasteiger partial charge is 0.251 e. The molecule has 5 nitrogen and oxygen atoms in total. The maximum atomic E-state index is 11.6. The number of hydrogen-bond acceptors (Lipinski definition) is 4. The van der Waals surface area contributed by atoms with Gasteiger partial charge in [-0.05, 0) is 37.8 Å². The molecule has 3 rings (SSSR count). The van der Waals surface area contributed by atoms with E-state index in [4.69, 9.17) is 5.73 Å². The van der Waals surface area contributed by atoms with Crippen molar-refractivity contribution in [3.05, 3.63) is 35.5 Å². The lowest BCUT2D eigenvalue weighted by Gasteiger charge is -2.39. The number of carbonyl (C=O) groups is 1. The molecule has 22 heavy (non-hydrogen) atoms. The van der Waals surface area contributed by atoms with E-state index in [2.05, 4.69) is 9.88 Å². The van der Waals surface area contributed by atoms with Crippen LogP contribution in [0.4, 0.5) is 5.69 Å². The lowest BCUT2D eigenvalue weighted by atomic mass is 9.91. The van der Waals surface area contributed by atoms with Gasteiger partial charge >= 0.3 is 0 Å². The number of aromatic nitrogens is 1. The van der Waals surface area contributed by atoms with Gasteiger partial charge in [0.15, 0.2) is 5.60 Å². The minimum atomic E-state index is -1.45. The van der Waals surface area contributed by atoms with Crippen LogP contribution in [0.25, 0.3) is 10.9 Å². The lowest BCUT2D eigenvalue weighted by molar-refractivity contribution is -0.137. The Hall–Kier alpha value is -2.14. The molecule has 5 heteroatoms. The first kappa shape index (κ1) is 14.8. The van der Waals surface area contributed by atoms with Crippen molar-refractivity contribution in [3.8, 4) is 0 Å². The highest BCUT2D eigenvalue weighted by Crippen LogP contribution is 2.34. The van der Waals surface area contributed by atoms with Gasteiger partial charge in [-0.1, -0.05) is 18.2 Å². The number of β-amino-alcohol motifs (C(OH)–C–C–N with tert-alkyl or cyclic N) is 1. The highest BCUT2D eigenvalue weighted by Gasteiger charge is 2.39. The number of aryl methyl sites for hydroxylation is 2. The first-order valence-corrected chi connectivity index (χ1v) is 7.54. The van der Waals surface area contributed by atoms with Crippen molar-refractivity contribution in [2.24, 2.45) is 5.73 Å². The second-order valence-corrected chi connectivity index (χ2v) is 6.18. The topological polar surface area (TPSA) is 79.4 Å². The van der Waals surface area contributed by atoms with Gasteiger partial charge in [0.05, 0.1) is 17.7 Å². The zero-order valence-corrected chi connectivity index (χ0v) is 13.0. The predicted octanol–water partition coefficient (Wildman–Crippen LogP) is 1.67. The number of hydrogen-bond donors (Lipinski definition) is 2. The molecule has 1 aliphatic rings. The molecular weight excluding hydrogens is 278 g/mol. The molecular formula is C17H21N3O2. The SMILES string of the molecule is Cc1cnc2c(C)cccc2c1N1CCC[C@](O)(C(N)=O)C1. The molecule has 3 N–H and O–H groups in total. The number of amides is 1. The number of nitrogens with zero attached hydrogens (tertiary/aromatic N) is 2. The summed E-state index contributed by atoms with van der Waals surface area (Å²) in [6.07, 6.45) is 3.00. The van der Waals surface area contributed by atoms with Crippen LogP contribution in [0.3, 0.4) is 0 Å². The van der Waals surface area contributed by atoms with Gasteiger partial charge in [-0.25, -0.2) is 0 Å². The molecule has 0 bridgehead atoms. The van der Waals surface area contributed by atoms with Gasteiger partial charge < -0.3 is 15.7 Å². The summed E-state index contributed by atoms with van der Waals surface area (Å²) < 4.78 is 0. The molecule has 2 heterocycles. The summed E-state index contributed by atoms with van der Waals surface area (Å²) in [4.78, 5) is 18.2. The molecule has 0 saturated carbocycles. The van der Waals surface area contributed by atoms with Gasteiger partial charge in [0.1, 0.15) is 0 Å². The number of anilines is 1. The Kier molecular flexibility index (Phi) is 3.53. The summed E-state index contributed by atoms with van der Waals surface area (Å²) in [7, 11) is 0. The molecule has 1 amide bonds. The Morgan fingerprint density at radius 1 is 1.36 bits per heavy atom. The minimum absolute atomic E-state index is 0.232. The fourth-order valence-corrected chi connectivity index (χ4v) is 3.30. The zero-order chi connectivity index (χ0) is 15.9. The van der Waals surface area contributed by atoms with Crippen molar-refractivity contribution in [1.29, 1.82) is 0 Å². The van der Waals surface area contributed by atoms with Gasteiger partial charge in [0.25, 0.3) is 5.91 Å². The van der Waals surface area contributed by atoms with Crippen LogP contribution in [0, 0.1) is 13.8 Å². The largest absolute Gasteiger partial charge is 0.378 e. The van der Waals surface area contributed by atoms with E-state index in [1.807, 2.05) is 38.2 Å². The van der Waals surface area contributed by atoms with Crippen LogP contribution in [0.1, 0.15) is 24.0 Å². The summed E-state index contributed by atoms with van der Waals surface area (Å²) in [5.74, 6) is -0.649. The molecule has 1 fully saturated rings. The average molecular weight is 299 g/mol. The Labute approximate surface area is 129 Å². The van der Waals surface area contributed by atoms with Crippen molar-refractivity contribution in [2.75, 3.05) is 18.0 Å². The van der Waals surface area contributed by atoms with E-state index in [0.29, 0.717) is 6.42 Å². The molecule has 0 unspecified atom stereocenters. The van der Waals surface area contributed by atoms with Crippen LogP contribution >= 0.6 is 0 Å². The highest BCUT2D eigenvalue weighted by atomic mass is 16.3. The molecule has 0 radical (unpaired) electrons. The van der Waals surface area contributed by atoms with Crippen LogP contribution in [0.15, 0.2) is 24.4 Å². The molecule has 1 saturated heterocycles. The molecule has 0 spiro atoms. The Balaban J connectivity index is 2.12. The van der Waals surface area contributed by atoms with Crippen molar-refractivity contribution in [3.63, 3.8) is 0 Å². The third-order valence-electron chi connectivity index (χ3n) is 4.50. The quantitative estimate of drug-likeness (QED) is 0.884. The van der Waals surface area contributed by atoms with Crippen LogP contribution < -0.4 is 10.6 Å². The van der Waals surface area contributed by atoms with E-state index < -0.39 is 11.5 Å². The standard InChI is InChI=1S/C17H21N3O2/c1-11-5-3-6-13-14(11)19-9-12(2)15(13)20-8-4-7-17(22,10-20)16(18)21/h3,5-6,9,22H,4,7-8,10H2,1-2H3,(H2,18,21)/t17-/m1/s1. The number of piperidine rings is 1. The van der Waals surface area contributed by atoms with Gasteiger partial charge in [-0.15, -0.1) is 0 Å². The summed E-state index contributed by atoms with van der Waals surface area (Å²) in [6, 6.07) is 6.08. The van der Waals surface area contributed by atoms with Crippen LogP contribution in [-0.4, -0.2) is 34.7 Å². The van der Waals surface area contributed by atoms with Crippen LogP contribution in [0.5, 0.6) is 0 Å². The summed E-state index contributed by atoms with van der Waals surface area (Å²) in [5.41, 5.74) is 8.07. The van der Waals surface area contributed by atoms with Crippen molar-refractivity contribution in [2.45, 2.75) is 32.3 Å². The van der Waals surface area contributed by atoms with Crippen molar-refractivity contribution >= 4 is 22.5 Å². The third kappa shape index (κ3) is 2.31. The molecule has 1 atom stereocenters. The number of primary amides is 1.